The molecule has 0 aromatic heterocycles. The molecule has 0 aliphatic carbocycles. The van der Waals surface area contributed by atoms with Crippen LogP contribution in [-0.4, -0.2) is 19.0 Å². The smallest absolute Gasteiger partial charge is 0.224 e. The summed E-state index contributed by atoms with van der Waals surface area (Å²) >= 11 is 3.29. The maximum atomic E-state index is 13.5. The van der Waals surface area contributed by atoms with Gasteiger partial charge in [-0.15, -0.1) is 0 Å². The van der Waals surface area contributed by atoms with Crippen LogP contribution >= 0.6 is 15.9 Å². The summed E-state index contributed by atoms with van der Waals surface area (Å²) in [6, 6.07) is 4.73. The summed E-state index contributed by atoms with van der Waals surface area (Å²) in [5.74, 6) is -0.282. The predicted octanol–water partition coefficient (Wildman–Crippen LogP) is 2.20. The van der Waals surface area contributed by atoms with E-state index in [0.29, 0.717) is 12.1 Å². The summed E-state index contributed by atoms with van der Waals surface area (Å²) in [6.07, 6.45) is 1.92. The highest BCUT2D eigenvalue weighted by atomic mass is 79.9. The van der Waals surface area contributed by atoms with Crippen molar-refractivity contribution < 1.29 is 9.18 Å². The highest BCUT2D eigenvalue weighted by Gasteiger charge is 2.20. The van der Waals surface area contributed by atoms with Crippen LogP contribution in [-0.2, 0) is 11.3 Å². The fraction of sp³-hybridized carbons (Fsp3) is 0.462. The molecule has 18 heavy (non-hydrogen) atoms. The minimum absolute atomic E-state index is 0.00146. The fourth-order valence-electron chi connectivity index (χ4n) is 2.08. The van der Waals surface area contributed by atoms with E-state index in [1.165, 1.54) is 6.07 Å². The van der Waals surface area contributed by atoms with Crippen molar-refractivity contribution in [2.75, 3.05) is 13.1 Å². The van der Waals surface area contributed by atoms with Crippen molar-refractivity contribution in [3.63, 3.8) is 0 Å². The Morgan fingerprint density at radius 2 is 2.39 bits per heavy atom. The van der Waals surface area contributed by atoms with Gasteiger partial charge >= 0.3 is 0 Å². The van der Waals surface area contributed by atoms with Crippen molar-refractivity contribution in [1.82, 2.24) is 10.6 Å². The molecule has 2 rings (SSSR count). The third-order valence-electron chi connectivity index (χ3n) is 3.13. The van der Waals surface area contributed by atoms with Crippen LogP contribution in [0.3, 0.4) is 0 Å². The number of benzene rings is 1. The van der Waals surface area contributed by atoms with Crippen molar-refractivity contribution >= 4 is 21.8 Å². The molecule has 1 atom stereocenters. The largest absolute Gasteiger partial charge is 0.352 e. The minimum atomic E-state index is -0.291. The van der Waals surface area contributed by atoms with Gasteiger partial charge in [-0.3, -0.25) is 4.79 Å². The Morgan fingerprint density at radius 1 is 1.56 bits per heavy atom. The second-order valence-corrected chi connectivity index (χ2v) is 5.41. The second kappa shape index (κ2) is 6.29. The second-order valence-electron chi connectivity index (χ2n) is 4.50. The Bertz CT molecular complexity index is 433. The van der Waals surface area contributed by atoms with Gasteiger partial charge in [-0.1, -0.05) is 15.9 Å². The Hall–Kier alpha value is -0.940. The van der Waals surface area contributed by atoms with Crippen molar-refractivity contribution in [2.45, 2.75) is 19.4 Å². The summed E-state index contributed by atoms with van der Waals surface area (Å²) < 4.78 is 14.3. The zero-order valence-electron chi connectivity index (χ0n) is 10.0. The van der Waals surface area contributed by atoms with E-state index in [1.54, 1.807) is 12.1 Å². The average Bonchev–Trinajstić information content (AvgIpc) is 2.40. The van der Waals surface area contributed by atoms with Crippen LogP contribution in [0.1, 0.15) is 18.4 Å². The van der Waals surface area contributed by atoms with Crippen LogP contribution in [0.15, 0.2) is 22.7 Å². The maximum Gasteiger partial charge on any atom is 0.224 e. The molecule has 1 saturated heterocycles. The quantitative estimate of drug-likeness (QED) is 0.898. The zero-order valence-corrected chi connectivity index (χ0v) is 11.6. The number of carbonyl (C=O) groups excluding carboxylic acids is 1. The summed E-state index contributed by atoms with van der Waals surface area (Å²) in [5.41, 5.74) is 0.501. The van der Waals surface area contributed by atoms with Crippen LogP contribution in [0.2, 0.25) is 0 Å². The molecule has 1 fully saturated rings. The summed E-state index contributed by atoms with van der Waals surface area (Å²) in [4.78, 5) is 11.9. The highest BCUT2D eigenvalue weighted by molar-refractivity contribution is 9.10. The molecule has 1 aliphatic heterocycles. The number of hydrogen-bond acceptors (Lipinski definition) is 2. The Balaban J connectivity index is 1.90. The predicted molar refractivity (Wildman–Crippen MR) is 71.5 cm³/mol. The van der Waals surface area contributed by atoms with E-state index in [-0.39, 0.29) is 24.2 Å². The first-order valence-corrected chi connectivity index (χ1v) is 6.88. The molecule has 1 aromatic rings. The topological polar surface area (TPSA) is 41.1 Å². The number of nitrogens with one attached hydrogen (secondary N) is 2. The molecule has 1 amide bonds. The molecule has 0 unspecified atom stereocenters. The van der Waals surface area contributed by atoms with Crippen molar-refractivity contribution in [3.8, 4) is 0 Å². The molecular weight excluding hydrogens is 299 g/mol. The molecule has 0 saturated carbocycles. The molecule has 5 heteroatoms. The van der Waals surface area contributed by atoms with E-state index in [9.17, 15) is 9.18 Å². The number of carbonyl (C=O) groups is 1. The normalized spacial score (nSPS) is 19.6. The van der Waals surface area contributed by atoms with E-state index in [4.69, 9.17) is 0 Å². The lowest BCUT2D eigenvalue weighted by molar-refractivity contribution is -0.125. The SMILES string of the molecule is O=C(NCc1cc(Br)ccc1F)[C@H]1CCCNC1. The summed E-state index contributed by atoms with van der Waals surface area (Å²) in [6.45, 7) is 1.93. The lowest BCUT2D eigenvalue weighted by Gasteiger charge is -2.21. The van der Waals surface area contributed by atoms with Crippen LogP contribution in [0, 0.1) is 11.7 Å². The lowest BCUT2D eigenvalue weighted by Crippen LogP contribution is -2.40. The van der Waals surface area contributed by atoms with E-state index >= 15 is 0 Å². The van der Waals surface area contributed by atoms with Gasteiger partial charge in [0.05, 0.1) is 5.92 Å². The number of rotatable bonds is 3. The Labute approximate surface area is 114 Å². The van der Waals surface area contributed by atoms with Gasteiger partial charge < -0.3 is 10.6 Å². The zero-order chi connectivity index (χ0) is 13.0. The average molecular weight is 315 g/mol. The monoisotopic (exact) mass is 314 g/mol. The third kappa shape index (κ3) is 3.53. The van der Waals surface area contributed by atoms with Crippen LogP contribution in [0.25, 0.3) is 0 Å². The van der Waals surface area contributed by atoms with Gasteiger partial charge in [0, 0.05) is 23.1 Å². The van der Waals surface area contributed by atoms with Crippen molar-refractivity contribution in [3.05, 3.63) is 34.1 Å². The molecule has 2 N–H and O–H groups in total. The van der Waals surface area contributed by atoms with Crippen molar-refractivity contribution in [1.29, 1.82) is 0 Å². The standard InChI is InChI=1S/C13H16BrFN2O/c14-11-3-4-12(15)10(6-11)8-17-13(18)9-2-1-5-16-7-9/h3-4,6,9,16H,1-2,5,7-8H2,(H,17,18)/t9-/m0/s1. The van der Waals surface area contributed by atoms with Gasteiger partial charge in [-0.2, -0.15) is 0 Å². The van der Waals surface area contributed by atoms with E-state index in [0.717, 1.165) is 23.9 Å². The molecular formula is C13H16BrFN2O. The van der Waals surface area contributed by atoms with Crippen LogP contribution in [0.4, 0.5) is 4.39 Å². The molecule has 1 aromatic carbocycles. The molecule has 1 aliphatic rings. The molecule has 0 spiro atoms. The van der Waals surface area contributed by atoms with Gasteiger partial charge in [0.25, 0.3) is 0 Å². The van der Waals surface area contributed by atoms with E-state index in [2.05, 4.69) is 26.6 Å². The van der Waals surface area contributed by atoms with Gasteiger partial charge in [0.15, 0.2) is 0 Å². The number of halogens is 2. The Kier molecular flexibility index (Phi) is 4.72. The first-order chi connectivity index (χ1) is 8.66. The van der Waals surface area contributed by atoms with E-state index < -0.39 is 0 Å². The molecule has 98 valence electrons. The fourth-order valence-corrected chi connectivity index (χ4v) is 2.49. The number of piperidine rings is 1. The highest BCUT2D eigenvalue weighted by Crippen LogP contribution is 2.16. The third-order valence-corrected chi connectivity index (χ3v) is 3.62. The van der Waals surface area contributed by atoms with Gasteiger partial charge in [-0.05, 0) is 37.6 Å². The van der Waals surface area contributed by atoms with Gasteiger partial charge in [0.2, 0.25) is 5.91 Å². The summed E-state index contributed by atoms with van der Waals surface area (Å²) in [7, 11) is 0. The van der Waals surface area contributed by atoms with Gasteiger partial charge in [-0.25, -0.2) is 4.39 Å². The molecule has 0 bridgehead atoms. The number of hydrogen-bond donors (Lipinski definition) is 2. The molecule has 3 nitrogen and oxygen atoms in total. The summed E-state index contributed by atoms with van der Waals surface area (Å²) in [5, 5.41) is 5.99. The first kappa shape index (κ1) is 13.5. The molecule has 1 heterocycles. The van der Waals surface area contributed by atoms with Gasteiger partial charge in [0.1, 0.15) is 5.82 Å². The molecule has 0 radical (unpaired) electrons. The van der Waals surface area contributed by atoms with E-state index in [1.807, 2.05) is 0 Å². The lowest BCUT2D eigenvalue weighted by atomic mass is 9.99. The van der Waals surface area contributed by atoms with Crippen molar-refractivity contribution in [2.24, 2.45) is 5.92 Å². The Morgan fingerprint density at radius 3 is 3.11 bits per heavy atom. The maximum absolute atomic E-state index is 13.5. The van der Waals surface area contributed by atoms with Crippen LogP contribution in [0.5, 0.6) is 0 Å². The van der Waals surface area contributed by atoms with Crippen LogP contribution < -0.4 is 10.6 Å². The first-order valence-electron chi connectivity index (χ1n) is 6.09. The minimum Gasteiger partial charge on any atom is -0.352 e. The number of amides is 1.